The van der Waals surface area contributed by atoms with Crippen molar-refractivity contribution in [1.29, 1.82) is 0 Å². The molecule has 2 fully saturated rings. The average Bonchev–Trinajstić information content (AvgIpc) is 3.51. The summed E-state index contributed by atoms with van der Waals surface area (Å²) in [6, 6.07) is 5.65. The van der Waals surface area contributed by atoms with Gasteiger partial charge in [-0.3, -0.25) is 14.9 Å². The van der Waals surface area contributed by atoms with Crippen molar-refractivity contribution in [1.82, 2.24) is 14.9 Å². The molecule has 1 N–H and O–H groups in total. The molecule has 0 spiro atoms. The Morgan fingerprint density at radius 3 is 2.64 bits per heavy atom. The summed E-state index contributed by atoms with van der Waals surface area (Å²) in [5.74, 6) is 1.41. The van der Waals surface area contributed by atoms with E-state index in [4.69, 9.17) is 4.74 Å². The lowest BCUT2D eigenvalue weighted by Crippen LogP contribution is -2.41. The Labute approximate surface area is 201 Å². The number of thiazole rings is 2. The Morgan fingerprint density at radius 1 is 1.09 bits per heavy atom. The van der Waals surface area contributed by atoms with Crippen LogP contribution >= 0.6 is 22.7 Å². The first kappa shape index (κ1) is 22.3. The van der Waals surface area contributed by atoms with Crippen LogP contribution in [0.4, 0.5) is 5.13 Å². The fraction of sp³-hybridized carbons (Fsp3) is 0.500. The summed E-state index contributed by atoms with van der Waals surface area (Å²) < 4.78 is 6.21. The number of ether oxygens (including phenoxy) is 1. The molecule has 1 saturated heterocycles. The molecule has 2 aromatic heterocycles. The molecule has 174 valence electrons. The first-order valence-corrected chi connectivity index (χ1v) is 13.3. The molecular weight excluding hydrogens is 456 g/mol. The normalized spacial score (nSPS) is 17.9. The van der Waals surface area contributed by atoms with Crippen LogP contribution < -0.4 is 10.1 Å². The molecular formula is C24H28N4O3S2. The van der Waals surface area contributed by atoms with Gasteiger partial charge in [0.15, 0.2) is 5.13 Å². The van der Waals surface area contributed by atoms with Gasteiger partial charge in [0.05, 0.1) is 22.3 Å². The number of methoxy groups -OCH3 is 1. The topological polar surface area (TPSA) is 84.4 Å². The number of piperidine rings is 1. The molecule has 1 saturated carbocycles. The number of fused-ring (bicyclic) bond motifs is 1. The van der Waals surface area contributed by atoms with Crippen molar-refractivity contribution in [3.63, 3.8) is 0 Å². The lowest BCUT2D eigenvalue weighted by molar-refractivity contribution is -0.137. The van der Waals surface area contributed by atoms with Crippen LogP contribution in [-0.2, 0) is 4.79 Å². The van der Waals surface area contributed by atoms with Gasteiger partial charge in [-0.25, -0.2) is 9.97 Å². The standard InChI is InChI=1S/C24H28N4O3S2/c1-31-17-7-8-18-20(13-17)33-24(26-18)27-21(29)19-14-32-22(25-19)15-9-11-28(12-10-15)23(30)16-5-3-2-4-6-16/h7-8,13-16H,2-6,9-12H2,1H3,(H,26,27,29). The van der Waals surface area contributed by atoms with Crippen LogP contribution in [0.1, 0.15) is 66.4 Å². The molecule has 1 aromatic carbocycles. The number of aromatic nitrogens is 2. The minimum atomic E-state index is -0.242. The zero-order valence-corrected chi connectivity index (χ0v) is 20.3. The molecule has 5 rings (SSSR count). The Hall–Kier alpha value is -2.52. The summed E-state index contributed by atoms with van der Waals surface area (Å²) in [4.78, 5) is 36.7. The molecule has 0 bridgehead atoms. The van der Waals surface area contributed by atoms with E-state index in [-0.39, 0.29) is 11.8 Å². The van der Waals surface area contributed by atoms with Gasteiger partial charge in [0.2, 0.25) is 5.91 Å². The molecule has 2 amide bonds. The maximum atomic E-state index is 12.8. The number of benzene rings is 1. The number of likely N-dealkylation sites (tertiary alicyclic amines) is 1. The molecule has 2 aliphatic rings. The van der Waals surface area contributed by atoms with E-state index in [1.807, 2.05) is 23.6 Å². The second-order valence-corrected chi connectivity index (χ2v) is 10.7. The van der Waals surface area contributed by atoms with Crippen molar-refractivity contribution in [2.45, 2.75) is 50.9 Å². The Morgan fingerprint density at radius 2 is 1.88 bits per heavy atom. The molecule has 7 nitrogen and oxygen atoms in total. The van der Waals surface area contributed by atoms with Crippen molar-refractivity contribution >= 4 is 49.8 Å². The van der Waals surface area contributed by atoms with E-state index in [1.165, 1.54) is 41.9 Å². The van der Waals surface area contributed by atoms with Gasteiger partial charge in [-0.2, -0.15) is 0 Å². The number of anilines is 1. The van der Waals surface area contributed by atoms with Crippen molar-refractivity contribution in [2.75, 3.05) is 25.5 Å². The second kappa shape index (κ2) is 9.77. The van der Waals surface area contributed by atoms with Crippen LogP contribution in [0.25, 0.3) is 10.2 Å². The summed E-state index contributed by atoms with van der Waals surface area (Å²) in [6.07, 6.45) is 7.54. The third kappa shape index (κ3) is 4.89. The van der Waals surface area contributed by atoms with Gasteiger partial charge in [-0.15, -0.1) is 11.3 Å². The monoisotopic (exact) mass is 484 g/mol. The van der Waals surface area contributed by atoms with Crippen molar-refractivity contribution < 1.29 is 14.3 Å². The van der Waals surface area contributed by atoms with Crippen LogP contribution in [0.3, 0.4) is 0 Å². The molecule has 0 atom stereocenters. The van der Waals surface area contributed by atoms with Gasteiger partial charge in [-0.05, 0) is 43.9 Å². The summed E-state index contributed by atoms with van der Waals surface area (Å²) in [5, 5.41) is 6.23. The predicted molar refractivity (Wildman–Crippen MR) is 131 cm³/mol. The largest absolute Gasteiger partial charge is 0.497 e. The van der Waals surface area contributed by atoms with Crippen molar-refractivity contribution in [3.8, 4) is 5.75 Å². The first-order chi connectivity index (χ1) is 16.1. The van der Waals surface area contributed by atoms with E-state index in [0.29, 0.717) is 22.7 Å². The van der Waals surface area contributed by atoms with E-state index < -0.39 is 0 Å². The fourth-order valence-corrected chi connectivity index (χ4v) is 6.64. The smallest absolute Gasteiger partial charge is 0.276 e. The summed E-state index contributed by atoms with van der Waals surface area (Å²) in [5.41, 5.74) is 1.25. The van der Waals surface area contributed by atoms with E-state index in [0.717, 1.165) is 59.7 Å². The number of carbonyl (C=O) groups is 2. The van der Waals surface area contributed by atoms with Gasteiger partial charge < -0.3 is 9.64 Å². The van der Waals surface area contributed by atoms with Gasteiger partial charge in [0.25, 0.3) is 5.91 Å². The molecule has 9 heteroatoms. The van der Waals surface area contributed by atoms with Crippen LogP contribution in [0.2, 0.25) is 0 Å². The third-order valence-corrected chi connectivity index (χ3v) is 8.62. The Balaban J connectivity index is 1.18. The van der Waals surface area contributed by atoms with Crippen LogP contribution in [0.5, 0.6) is 5.75 Å². The third-order valence-electron chi connectivity index (χ3n) is 6.68. The fourth-order valence-electron chi connectivity index (χ4n) is 4.78. The van der Waals surface area contributed by atoms with Crippen LogP contribution in [-0.4, -0.2) is 46.9 Å². The summed E-state index contributed by atoms with van der Waals surface area (Å²) in [6.45, 7) is 1.58. The predicted octanol–water partition coefficient (Wildman–Crippen LogP) is 5.30. The molecule has 1 aliphatic carbocycles. The quantitative estimate of drug-likeness (QED) is 0.531. The molecule has 33 heavy (non-hydrogen) atoms. The highest BCUT2D eigenvalue weighted by molar-refractivity contribution is 7.22. The van der Waals surface area contributed by atoms with Gasteiger partial charge in [0, 0.05) is 30.3 Å². The summed E-state index contributed by atoms with van der Waals surface area (Å²) in [7, 11) is 1.63. The van der Waals surface area contributed by atoms with E-state index in [9.17, 15) is 9.59 Å². The Kier molecular flexibility index (Phi) is 6.59. The number of hydrogen-bond donors (Lipinski definition) is 1. The number of nitrogens with one attached hydrogen (secondary N) is 1. The first-order valence-electron chi connectivity index (χ1n) is 11.6. The number of amides is 2. The highest BCUT2D eigenvalue weighted by Crippen LogP contribution is 2.33. The van der Waals surface area contributed by atoms with Crippen LogP contribution in [0, 0.1) is 5.92 Å². The zero-order chi connectivity index (χ0) is 22.8. The molecule has 0 radical (unpaired) electrons. The second-order valence-electron chi connectivity index (χ2n) is 8.81. The van der Waals surface area contributed by atoms with Crippen molar-refractivity contribution in [2.24, 2.45) is 5.92 Å². The van der Waals surface area contributed by atoms with E-state index in [1.54, 1.807) is 7.11 Å². The SMILES string of the molecule is COc1ccc2nc(NC(=O)c3csc(C4CCN(C(=O)C5CCCCC5)CC4)n3)sc2c1. The van der Waals surface area contributed by atoms with Crippen molar-refractivity contribution in [3.05, 3.63) is 34.3 Å². The number of carbonyl (C=O) groups excluding carboxylic acids is 2. The average molecular weight is 485 g/mol. The zero-order valence-electron chi connectivity index (χ0n) is 18.7. The molecule has 1 aliphatic heterocycles. The lowest BCUT2D eigenvalue weighted by Gasteiger charge is -2.34. The number of hydrogen-bond acceptors (Lipinski definition) is 7. The van der Waals surface area contributed by atoms with Gasteiger partial charge in [0.1, 0.15) is 11.4 Å². The number of rotatable bonds is 5. The van der Waals surface area contributed by atoms with E-state index >= 15 is 0 Å². The highest BCUT2D eigenvalue weighted by atomic mass is 32.1. The van der Waals surface area contributed by atoms with E-state index in [2.05, 4.69) is 20.2 Å². The maximum Gasteiger partial charge on any atom is 0.276 e. The Bertz CT molecular complexity index is 1140. The van der Waals surface area contributed by atoms with Gasteiger partial charge >= 0.3 is 0 Å². The number of nitrogens with zero attached hydrogens (tertiary/aromatic N) is 3. The van der Waals surface area contributed by atoms with Crippen LogP contribution in [0.15, 0.2) is 23.6 Å². The lowest BCUT2D eigenvalue weighted by atomic mass is 9.87. The maximum absolute atomic E-state index is 12.8. The summed E-state index contributed by atoms with van der Waals surface area (Å²) >= 11 is 2.95. The minimum Gasteiger partial charge on any atom is -0.497 e. The van der Waals surface area contributed by atoms with Gasteiger partial charge in [-0.1, -0.05) is 30.6 Å². The minimum absolute atomic E-state index is 0.231. The molecule has 3 aromatic rings. The molecule has 0 unspecified atom stereocenters. The highest BCUT2D eigenvalue weighted by Gasteiger charge is 2.30. The molecule has 3 heterocycles.